The summed E-state index contributed by atoms with van der Waals surface area (Å²) in [6.07, 6.45) is 2.38. The first-order chi connectivity index (χ1) is 4.41. The molecule has 0 unspecified atom stereocenters. The average molecular weight is 146 g/mol. The molecule has 0 saturated carbocycles. The van der Waals surface area contributed by atoms with E-state index >= 15 is 0 Å². The van der Waals surface area contributed by atoms with Crippen molar-refractivity contribution < 1.29 is 4.74 Å². The summed E-state index contributed by atoms with van der Waals surface area (Å²) in [4.78, 5) is 0. The second kappa shape index (κ2) is 8.18. The highest BCUT2D eigenvalue weighted by Crippen LogP contribution is 2.06. The van der Waals surface area contributed by atoms with Gasteiger partial charge in [-0.3, -0.25) is 0 Å². The van der Waals surface area contributed by atoms with Crippen LogP contribution < -0.4 is 0 Å². The Kier molecular flexibility index (Phi) is 8.34. The molecule has 0 rings (SSSR count). The van der Waals surface area contributed by atoms with Crippen molar-refractivity contribution in [1.29, 1.82) is 0 Å². The van der Waals surface area contributed by atoms with Gasteiger partial charge in [-0.1, -0.05) is 7.11 Å². The summed E-state index contributed by atoms with van der Waals surface area (Å²) >= 11 is 1.76. The number of aliphatic hydroxyl groups is 2. The fourth-order valence-electron chi connectivity index (χ4n) is 0.492. The van der Waals surface area contributed by atoms with Gasteiger partial charge in [0.2, 0.25) is 0 Å². The van der Waals surface area contributed by atoms with E-state index in [0.29, 0.717) is 0 Å². The number of thioether (sulfide) groups is 1. The molecule has 1 N–H and O–H groups in total. The number of hydrogen-bond acceptors (Lipinski definition) is 1. The SMILES string of the molecule is [CH2-][CH+]SCCCC[OH+][CH2-]. The van der Waals surface area contributed by atoms with Crippen molar-refractivity contribution >= 4 is 11.8 Å². The zero-order chi connectivity index (χ0) is 6.95. The topological polar surface area (TPSA) is 12.8 Å². The van der Waals surface area contributed by atoms with Crippen molar-refractivity contribution in [2.24, 2.45) is 0 Å². The van der Waals surface area contributed by atoms with Crippen molar-refractivity contribution in [3.8, 4) is 0 Å². The average Bonchev–Trinajstić information content (AvgIpc) is 1.89. The molecule has 0 heterocycles. The first kappa shape index (κ1) is 9.18. The van der Waals surface area contributed by atoms with Crippen LogP contribution in [0.3, 0.4) is 0 Å². The van der Waals surface area contributed by atoms with E-state index in [2.05, 4.69) is 18.8 Å². The van der Waals surface area contributed by atoms with Gasteiger partial charge in [0, 0.05) is 23.9 Å². The lowest BCUT2D eigenvalue weighted by atomic mass is 10.4. The van der Waals surface area contributed by atoms with Gasteiger partial charge < -0.3 is 4.74 Å². The molecule has 1 nitrogen and oxygen atoms in total. The van der Waals surface area contributed by atoms with E-state index < -0.39 is 0 Å². The fraction of sp³-hybridized carbons (Fsp3) is 0.571. The molecule has 0 aromatic rings. The Morgan fingerprint density at radius 2 is 2.22 bits per heavy atom. The Labute approximate surface area is 62.2 Å². The third kappa shape index (κ3) is 8.18. The van der Waals surface area contributed by atoms with Gasteiger partial charge in [0.1, 0.15) is 6.61 Å². The predicted octanol–water partition coefficient (Wildman–Crippen LogP) is 1.82. The molecule has 0 aromatic carbocycles. The Balaban J connectivity index is 2.60. The third-order valence-corrected chi connectivity index (χ3v) is 1.71. The minimum Gasteiger partial charge on any atom is -0.582 e. The van der Waals surface area contributed by atoms with Crippen LogP contribution in [0.5, 0.6) is 0 Å². The molecule has 0 aliphatic rings. The number of unbranched alkanes of at least 4 members (excludes halogenated alkanes) is 1. The third-order valence-electron chi connectivity index (χ3n) is 0.946. The van der Waals surface area contributed by atoms with Crippen molar-refractivity contribution in [3.63, 3.8) is 0 Å². The Bertz CT molecular complexity index is 42.2. The lowest BCUT2D eigenvalue weighted by Crippen LogP contribution is -1.91. The molecule has 0 aromatic heterocycles. The summed E-state index contributed by atoms with van der Waals surface area (Å²) in [7, 11) is 3.40. The zero-order valence-corrected chi connectivity index (χ0v) is 6.49. The van der Waals surface area contributed by atoms with Gasteiger partial charge in [-0.15, -0.1) is 6.92 Å². The second-order valence-electron chi connectivity index (χ2n) is 1.69. The lowest BCUT2D eigenvalue weighted by molar-refractivity contribution is 0.0541. The van der Waals surface area contributed by atoms with Gasteiger partial charge in [0.05, 0.1) is 0 Å². The van der Waals surface area contributed by atoms with Crippen molar-refractivity contribution in [3.05, 3.63) is 19.8 Å². The highest BCUT2D eigenvalue weighted by Gasteiger charge is 1.90. The maximum atomic E-state index is 3.75. The molecule has 2 heteroatoms. The predicted molar refractivity (Wildman–Crippen MR) is 43.8 cm³/mol. The van der Waals surface area contributed by atoms with E-state index in [9.17, 15) is 0 Å². The van der Waals surface area contributed by atoms with E-state index in [0.717, 1.165) is 13.0 Å². The summed E-state index contributed by atoms with van der Waals surface area (Å²) in [6.45, 7) is 4.51. The van der Waals surface area contributed by atoms with Crippen LogP contribution >= 0.6 is 11.8 Å². The van der Waals surface area contributed by atoms with Crippen LogP contribution in [0.4, 0.5) is 0 Å². The van der Waals surface area contributed by atoms with E-state index in [1.165, 1.54) is 12.2 Å². The monoisotopic (exact) mass is 146 g/mol. The highest BCUT2D eigenvalue weighted by molar-refractivity contribution is 8.01. The van der Waals surface area contributed by atoms with Crippen molar-refractivity contribution in [2.45, 2.75) is 12.8 Å². The Morgan fingerprint density at radius 1 is 1.44 bits per heavy atom. The zero-order valence-electron chi connectivity index (χ0n) is 5.68. The highest BCUT2D eigenvalue weighted by atomic mass is 32.2. The van der Waals surface area contributed by atoms with E-state index in [1.54, 1.807) is 11.8 Å². The number of rotatable bonds is 6. The minimum absolute atomic E-state index is 0.900. The molecule has 0 radical (unpaired) electrons. The summed E-state index contributed by atoms with van der Waals surface area (Å²) in [5.41, 5.74) is 0. The first-order valence-corrected chi connectivity index (χ1v) is 4.11. The quantitative estimate of drug-likeness (QED) is 0.316. The summed E-state index contributed by atoms with van der Waals surface area (Å²) in [6, 6.07) is 0. The van der Waals surface area contributed by atoms with Crippen molar-refractivity contribution in [1.82, 2.24) is 0 Å². The largest absolute Gasteiger partial charge is 0.582 e. The lowest BCUT2D eigenvalue weighted by Gasteiger charge is -1.97. The maximum Gasteiger partial charge on any atom is 0.119 e. The molecule has 9 heavy (non-hydrogen) atoms. The van der Waals surface area contributed by atoms with Gasteiger partial charge in [0.25, 0.3) is 0 Å². The summed E-state index contributed by atoms with van der Waals surface area (Å²) < 4.78 is 3.75. The second-order valence-corrected chi connectivity index (χ2v) is 2.77. The first-order valence-electron chi connectivity index (χ1n) is 3.07. The van der Waals surface area contributed by atoms with Crippen LogP contribution in [0.15, 0.2) is 0 Å². The fourth-order valence-corrected chi connectivity index (χ4v) is 1.03. The van der Waals surface area contributed by atoms with E-state index in [1.807, 2.05) is 5.75 Å². The molecule has 0 aliphatic heterocycles. The Morgan fingerprint density at radius 3 is 2.78 bits per heavy atom. The molecular formula is C7H14OS. The van der Waals surface area contributed by atoms with Gasteiger partial charge in [-0.25, -0.2) is 0 Å². The number of hydrogen-bond donors (Lipinski definition) is 0. The summed E-state index contributed by atoms with van der Waals surface area (Å²) in [5, 5.41) is 0. The van der Waals surface area contributed by atoms with Crippen LogP contribution in [-0.4, -0.2) is 17.1 Å². The molecule has 0 amide bonds. The normalized spacial score (nSPS) is 9.56. The van der Waals surface area contributed by atoms with Crippen LogP contribution in [0.2, 0.25) is 0 Å². The van der Waals surface area contributed by atoms with E-state index in [-0.39, 0.29) is 0 Å². The molecule has 54 valence electrons. The van der Waals surface area contributed by atoms with E-state index in [4.69, 9.17) is 0 Å². The molecular weight excluding hydrogens is 132 g/mol. The number of ether oxygens (including phenoxy) is 1. The minimum atomic E-state index is 0.900. The van der Waals surface area contributed by atoms with Crippen LogP contribution in [0.1, 0.15) is 12.8 Å². The smallest absolute Gasteiger partial charge is 0.119 e. The van der Waals surface area contributed by atoms with Gasteiger partial charge in [-0.2, -0.15) is 0 Å². The van der Waals surface area contributed by atoms with Crippen LogP contribution in [0.25, 0.3) is 0 Å². The van der Waals surface area contributed by atoms with Gasteiger partial charge in [-0.05, 0) is 12.2 Å². The summed E-state index contributed by atoms with van der Waals surface area (Å²) in [5.74, 6) is 3.04. The molecule has 0 spiro atoms. The maximum absolute atomic E-state index is 3.75. The van der Waals surface area contributed by atoms with Crippen molar-refractivity contribution in [2.75, 3.05) is 12.4 Å². The molecule has 0 bridgehead atoms. The molecule has 0 aliphatic carbocycles. The Hall–Kier alpha value is 0.180. The molecule has 0 saturated heterocycles. The van der Waals surface area contributed by atoms with Crippen LogP contribution in [0, 0.1) is 19.8 Å². The van der Waals surface area contributed by atoms with Gasteiger partial charge in [0.15, 0.2) is 0 Å². The molecule has 0 fully saturated rings. The standard InChI is InChI=1S/C7H14OS/c1-3-9-7-5-4-6-8-2/h3,8H,1-2,4-7H2. The van der Waals surface area contributed by atoms with Crippen LogP contribution in [-0.2, 0) is 0 Å². The van der Waals surface area contributed by atoms with Gasteiger partial charge >= 0.3 is 0 Å². The molecule has 0 atom stereocenters.